The number of aromatic nitrogens is 1. The summed E-state index contributed by atoms with van der Waals surface area (Å²) >= 11 is 1.53. The highest BCUT2D eigenvalue weighted by molar-refractivity contribution is 7.13. The Labute approximate surface area is 98.8 Å². The van der Waals surface area contributed by atoms with Crippen LogP contribution in [0.1, 0.15) is 11.3 Å². The summed E-state index contributed by atoms with van der Waals surface area (Å²) in [5.41, 5.74) is 2.04. The minimum absolute atomic E-state index is 0.0108. The van der Waals surface area contributed by atoms with E-state index in [1.54, 1.807) is 0 Å². The van der Waals surface area contributed by atoms with E-state index in [1.165, 1.54) is 16.9 Å². The van der Waals surface area contributed by atoms with Gasteiger partial charge in [0.2, 0.25) is 0 Å². The third kappa shape index (κ3) is 3.05. The van der Waals surface area contributed by atoms with E-state index >= 15 is 0 Å². The first-order valence-corrected chi connectivity index (χ1v) is 6.09. The summed E-state index contributed by atoms with van der Waals surface area (Å²) in [7, 11) is 0. The first-order chi connectivity index (χ1) is 7.88. The molecule has 0 aliphatic heterocycles. The summed E-state index contributed by atoms with van der Waals surface area (Å²) in [6.07, 6.45) is 0.981. The number of thiazole rings is 1. The van der Waals surface area contributed by atoms with E-state index < -0.39 is 0 Å². The van der Waals surface area contributed by atoms with Crippen molar-refractivity contribution >= 4 is 16.5 Å². The molecule has 0 fully saturated rings. The summed E-state index contributed by atoms with van der Waals surface area (Å²) in [6.45, 7) is 0.874. The highest BCUT2D eigenvalue weighted by Crippen LogP contribution is 2.15. The maximum Gasteiger partial charge on any atom is 0.182 e. The van der Waals surface area contributed by atoms with E-state index in [9.17, 15) is 0 Å². The molecule has 2 aromatic rings. The van der Waals surface area contributed by atoms with Gasteiger partial charge in [-0.25, -0.2) is 4.98 Å². The van der Waals surface area contributed by atoms with Crippen molar-refractivity contribution in [3.8, 4) is 0 Å². The number of hydrogen-bond donors (Lipinski definition) is 2. The Morgan fingerprint density at radius 1 is 1.25 bits per heavy atom. The molecule has 0 atom stereocenters. The summed E-state index contributed by atoms with van der Waals surface area (Å²) in [5.74, 6) is 0. The van der Waals surface area contributed by atoms with Crippen molar-refractivity contribution in [2.24, 2.45) is 0 Å². The minimum atomic E-state index is 0.0108. The Balaban J connectivity index is 1.80. The van der Waals surface area contributed by atoms with Crippen LogP contribution >= 0.6 is 11.3 Å². The van der Waals surface area contributed by atoms with Crippen LogP contribution in [0.4, 0.5) is 5.13 Å². The molecule has 3 nitrogen and oxygen atoms in total. The van der Waals surface area contributed by atoms with E-state index in [0.717, 1.165) is 23.8 Å². The van der Waals surface area contributed by atoms with Crippen molar-refractivity contribution in [2.75, 3.05) is 11.9 Å². The average Bonchev–Trinajstić information content (AvgIpc) is 2.78. The van der Waals surface area contributed by atoms with Crippen LogP contribution in [0.15, 0.2) is 35.7 Å². The van der Waals surface area contributed by atoms with Crippen LogP contribution in [0.3, 0.4) is 0 Å². The second-order valence-electron chi connectivity index (χ2n) is 3.46. The predicted molar refractivity (Wildman–Crippen MR) is 66.7 cm³/mol. The molecule has 16 heavy (non-hydrogen) atoms. The molecule has 1 aromatic heterocycles. The van der Waals surface area contributed by atoms with E-state index in [0.29, 0.717) is 0 Å². The number of benzene rings is 1. The predicted octanol–water partition coefficient (Wildman–Crippen LogP) is 2.29. The van der Waals surface area contributed by atoms with Crippen LogP contribution in [0.5, 0.6) is 0 Å². The molecule has 2 rings (SSSR count). The molecule has 0 aliphatic carbocycles. The van der Waals surface area contributed by atoms with Gasteiger partial charge in [-0.2, -0.15) is 0 Å². The average molecular weight is 234 g/mol. The van der Waals surface area contributed by atoms with Gasteiger partial charge in [0.1, 0.15) is 0 Å². The zero-order valence-electron chi connectivity index (χ0n) is 8.89. The highest BCUT2D eigenvalue weighted by Gasteiger charge is 1.99. The summed E-state index contributed by atoms with van der Waals surface area (Å²) in [6, 6.07) is 10.3. The molecule has 0 saturated carbocycles. The van der Waals surface area contributed by atoms with Gasteiger partial charge in [-0.15, -0.1) is 11.3 Å². The van der Waals surface area contributed by atoms with Crippen LogP contribution in [0.2, 0.25) is 0 Å². The maximum absolute atomic E-state index is 8.87. The number of aliphatic hydroxyl groups is 1. The summed E-state index contributed by atoms with van der Waals surface area (Å²) < 4.78 is 0. The van der Waals surface area contributed by atoms with Crippen molar-refractivity contribution < 1.29 is 5.11 Å². The van der Waals surface area contributed by atoms with E-state index in [2.05, 4.69) is 22.4 Å². The quantitative estimate of drug-likeness (QED) is 0.834. The van der Waals surface area contributed by atoms with Gasteiger partial charge in [0.15, 0.2) is 5.13 Å². The lowest BCUT2D eigenvalue weighted by Gasteiger charge is -2.02. The monoisotopic (exact) mass is 234 g/mol. The molecule has 4 heteroatoms. The lowest BCUT2D eigenvalue weighted by Crippen LogP contribution is -2.04. The fourth-order valence-electron chi connectivity index (χ4n) is 1.42. The lowest BCUT2D eigenvalue weighted by molar-refractivity contribution is 0.278. The summed E-state index contributed by atoms with van der Waals surface area (Å²) in [5, 5.41) is 14.9. The number of rotatable bonds is 5. The number of hydrogen-bond acceptors (Lipinski definition) is 4. The van der Waals surface area contributed by atoms with Gasteiger partial charge in [-0.3, -0.25) is 0 Å². The van der Waals surface area contributed by atoms with Crippen molar-refractivity contribution in [1.29, 1.82) is 0 Å². The number of nitrogens with zero attached hydrogens (tertiary/aromatic N) is 1. The molecule has 1 aromatic carbocycles. The molecule has 0 unspecified atom stereocenters. The largest absolute Gasteiger partial charge is 0.390 e. The summed E-state index contributed by atoms with van der Waals surface area (Å²) in [4.78, 5) is 4.22. The standard InChI is InChI=1S/C12H14N2OS/c15-8-11-9-16-12(14-11)13-7-6-10-4-2-1-3-5-10/h1-5,9,15H,6-8H2,(H,13,14). The topological polar surface area (TPSA) is 45.1 Å². The molecule has 84 valence electrons. The van der Waals surface area contributed by atoms with Crippen LogP contribution in [-0.4, -0.2) is 16.6 Å². The van der Waals surface area contributed by atoms with Gasteiger partial charge in [0.05, 0.1) is 12.3 Å². The van der Waals surface area contributed by atoms with E-state index in [-0.39, 0.29) is 6.61 Å². The van der Waals surface area contributed by atoms with Crippen LogP contribution in [-0.2, 0) is 13.0 Å². The van der Waals surface area contributed by atoms with Gasteiger partial charge >= 0.3 is 0 Å². The van der Waals surface area contributed by atoms with Crippen molar-refractivity contribution in [3.05, 3.63) is 47.0 Å². The SMILES string of the molecule is OCc1csc(NCCc2ccccc2)n1. The Kier molecular flexibility index (Phi) is 3.91. The normalized spacial score (nSPS) is 10.3. The smallest absolute Gasteiger partial charge is 0.182 e. The van der Waals surface area contributed by atoms with Crippen molar-refractivity contribution in [3.63, 3.8) is 0 Å². The number of nitrogens with one attached hydrogen (secondary N) is 1. The zero-order valence-corrected chi connectivity index (χ0v) is 9.70. The molecule has 0 amide bonds. The van der Waals surface area contributed by atoms with Crippen LogP contribution in [0, 0.1) is 0 Å². The maximum atomic E-state index is 8.87. The molecule has 0 radical (unpaired) electrons. The number of aliphatic hydroxyl groups excluding tert-OH is 1. The van der Waals surface area contributed by atoms with Gasteiger partial charge in [-0.1, -0.05) is 30.3 Å². The molecular weight excluding hydrogens is 220 g/mol. The Bertz CT molecular complexity index is 428. The second kappa shape index (κ2) is 5.63. The zero-order chi connectivity index (χ0) is 11.2. The van der Waals surface area contributed by atoms with E-state index in [1.807, 2.05) is 23.6 Å². The molecule has 0 spiro atoms. The first kappa shape index (κ1) is 11.1. The minimum Gasteiger partial charge on any atom is -0.390 e. The molecule has 2 N–H and O–H groups in total. The number of anilines is 1. The fraction of sp³-hybridized carbons (Fsp3) is 0.250. The Morgan fingerprint density at radius 3 is 2.75 bits per heavy atom. The van der Waals surface area contributed by atoms with E-state index in [4.69, 9.17) is 5.11 Å². The third-order valence-corrected chi connectivity index (χ3v) is 3.10. The van der Waals surface area contributed by atoms with Gasteiger partial charge < -0.3 is 10.4 Å². The molecule has 0 aliphatic rings. The van der Waals surface area contributed by atoms with Gasteiger partial charge in [0.25, 0.3) is 0 Å². The Morgan fingerprint density at radius 2 is 2.06 bits per heavy atom. The Hall–Kier alpha value is -1.39. The van der Waals surface area contributed by atoms with Crippen molar-refractivity contribution in [2.45, 2.75) is 13.0 Å². The van der Waals surface area contributed by atoms with Crippen molar-refractivity contribution in [1.82, 2.24) is 4.98 Å². The third-order valence-electron chi connectivity index (χ3n) is 2.25. The molecular formula is C12H14N2OS. The molecule has 0 bridgehead atoms. The van der Waals surface area contributed by atoms with Gasteiger partial charge in [0, 0.05) is 11.9 Å². The fourth-order valence-corrected chi connectivity index (χ4v) is 2.15. The lowest BCUT2D eigenvalue weighted by atomic mass is 10.2. The molecule has 0 saturated heterocycles. The first-order valence-electron chi connectivity index (χ1n) is 5.21. The molecule has 1 heterocycles. The van der Waals surface area contributed by atoms with Crippen LogP contribution < -0.4 is 5.32 Å². The second-order valence-corrected chi connectivity index (χ2v) is 4.32. The highest BCUT2D eigenvalue weighted by atomic mass is 32.1. The van der Waals surface area contributed by atoms with Crippen LogP contribution in [0.25, 0.3) is 0 Å². The van der Waals surface area contributed by atoms with Gasteiger partial charge in [-0.05, 0) is 12.0 Å².